The van der Waals surface area contributed by atoms with E-state index in [1.807, 2.05) is 30.3 Å². The molecule has 5 rings (SSSR count). The smallest absolute Gasteiger partial charge is 0.248 e. The fraction of sp³-hybridized carbons (Fsp3) is 0.208. The molecule has 1 aromatic carbocycles. The Labute approximate surface area is 193 Å². The first kappa shape index (κ1) is 21.5. The predicted molar refractivity (Wildman–Crippen MR) is 124 cm³/mol. The van der Waals surface area contributed by atoms with E-state index in [9.17, 15) is 18.8 Å². The third-order valence-corrected chi connectivity index (χ3v) is 5.90. The van der Waals surface area contributed by atoms with Gasteiger partial charge < -0.3 is 19.8 Å². The maximum atomic E-state index is 14.2. The zero-order valence-electron chi connectivity index (χ0n) is 18.0. The van der Waals surface area contributed by atoms with Crippen LogP contribution in [-0.4, -0.2) is 55.2 Å². The van der Waals surface area contributed by atoms with Crippen LogP contribution in [0, 0.1) is 0 Å². The Morgan fingerprint density at radius 3 is 2.79 bits per heavy atom. The third-order valence-electron chi connectivity index (χ3n) is 5.90. The molecule has 9 nitrogen and oxygen atoms in total. The number of fused-ring (bicyclic) bond motifs is 1. The van der Waals surface area contributed by atoms with Crippen LogP contribution in [-0.2, 0) is 16.1 Å². The average Bonchev–Trinajstić information content (AvgIpc) is 3.43. The molecule has 1 aliphatic heterocycles. The highest BCUT2D eigenvalue weighted by molar-refractivity contribution is 5.97. The van der Waals surface area contributed by atoms with E-state index in [1.165, 1.54) is 23.2 Å². The summed E-state index contributed by atoms with van der Waals surface area (Å²) in [5.41, 5.74) is 2.47. The quantitative estimate of drug-likeness (QED) is 0.475. The van der Waals surface area contributed by atoms with Crippen LogP contribution < -0.4 is 10.7 Å². The van der Waals surface area contributed by atoms with E-state index < -0.39 is 18.1 Å². The summed E-state index contributed by atoms with van der Waals surface area (Å²) in [6.07, 6.45) is 5.11. The summed E-state index contributed by atoms with van der Waals surface area (Å²) in [6.45, 7) is -0.182. The van der Waals surface area contributed by atoms with E-state index in [0.29, 0.717) is 0 Å². The first-order chi connectivity index (χ1) is 16.5. The molecule has 34 heavy (non-hydrogen) atoms. The normalized spacial score (nSPS) is 17.7. The molecule has 4 heterocycles. The van der Waals surface area contributed by atoms with Crippen molar-refractivity contribution in [3.63, 3.8) is 0 Å². The Hall–Kier alpha value is -4.34. The van der Waals surface area contributed by atoms with Gasteiger partial charge in [0, 0.05) is 47.4 Å². The highest BCUT2D eigenvalue weighted by Gasteiger charge is 2.39. The van der Waals surface area contributed by atoms with Crippen LogP contribution in [0.4, 0.5) is 10.2 Å². The standard InChI is InChI=1S/C24H21FN6O3/c25-18-10-21(24(34)29-22-11-19(32)4-6-26-22)31(13-18)23(33)14-30-8-5-16-9-15(1-2-20(16)30)17-3-7-27-28-12-17/h1-9,11-12,18,21H,10,13-14H2,(H2,26,29,32,34). The second kappa shape index (κ2) is 8.89. The van der Waals surface area contributed by atoms with Gasteiger partial charge in [-0.25, -0.2) is 4.39 Å². The van der Waals surface area contributed by atoms with Crippen LogP contribution >= 0.6 is 0 Å². The minimum absolute atomic E-state index is 0.0294. The number of aromatic amines is 1. The number of nitrogens with one attached hydrogen (secondary N) is 2. The fourth-order valence-corrected chi connectivity index (χ4v) is 4.26. The van der Waals surface area contributed by atoms with Gasteiger partial charge in [-0.1, -0.05) is 6.07 Å². The van der Waals surface area contributed by atoms with Crippen LogP contribution in [0.25, 0.3) is 22.0 Å². The number of hydrogen-bond donors (Lipinski definition) is 2. The van der Waals surface area contributed by atoms with Crippen LogP contribution in [0.3, 0.4) is 0 Å². The van der Waals surface area contributed by atoms with Gasteiger partial charge in [0.05, 0.1) is 18.9 Å². The first-order valence-electron chi connectivity index (χ1n) is 10.8. The average molecular weight is 460 g/mol. The number of alkyl halides is 1. The summed E-state index contributed by atoms with van der Waals surface area (Å²) in [4.78, 5) is 41.4. The van der Waals surface area contributed by atoms with Crippen molar-refractivity contribution >= 4 is 28.5 Å². The molecule has 2 unspecified atom stereocenters. The zero-order valence-corrected chi connectivity index (χ0v) is 18.0. The molecule has 4 aromatic rings. The van der Waals surface area contributed by atoms with E-state index in [2.05, 4.69) is 20.5 Å². The summed E-state index contributed by atoms with van der Waals surface area (Å²) in [7, 11) is 0. The molecule has 172 valence electrons. The molecule has 0 saturated carbocycles. The number of hydrogen-bond acceptors (Lipinski definition) is 5. The molecule has 0 radical (unpaired) electrons. The van der Waals surface area contributed by atoms with Crippen molar-refractivity contribution < 1.29 is 14.0 Å². The molecule has 0 spiro atoms. The molecule has 0 bridgehead atoms. The predicted octanol–water partition coefficient (Wildman–Crippen LogP) is 2.36. The summed E-state index contributed by atoms with van der Waals surface area (Å²) in [5, 5.41) is 11.2. The van der Waals surface area contributed by atoms with Gasteiger partial charge in [-0.15, -0.1) is 0 Å². The van der Waals surface area contributed by atoms with Gasteiger partial charge in [-0.3, -0.25) is 14.4 Å². The maximum Gasteiger partial charge on any atom is 0.248 e. The number of H-pyrrole nitrogens is 1. The number of amides is 2. The minimum atomic E-state index is -1.30. The number of likely N-dealkylation sites (tertiary alicyclic amines) is 1. The molecule has 10 heteroatoms. The number of carbonyl (C=O) groups excluding carboxylic acids is 2. The highest BCUT2D eigenvalue weighted by atomic mass is 19.1. The van der Waals surface area contributed by atoms with Gasteiger partial charge in [0.1, 0.15) is 24.6 Å². The Balaban J connectivity index is 1.33. The molecule has 2 N–H and O–H groups in total. The van der Waals surface area contributed by atoms with Crippen molar-refractivity contribution in [1.29, 1.82) is 0 Å². The van der Waals surface area contributed by atoms with Crippen molar-refractivity contribution in [2.24, 2.45) is 0 Å². The monoisotopic (exact) mass is 460 g/mol. The van der Waals surface area contributed by atoms with E-state index in [0.717, 1.165) is 22.0 Å². The maximum absolute atomic E-state index is 14.2. The van der Waals surface area contributed by atoms with Crippen LogP contribution in [0.15, 0.2) is 72.0 Å². The lowest BCUT2D eigenvalue weighted by molar-refractivity contribution is -0.137. The van der Waals surface area contributed by atoms with Crippen molar-refractivity contribution in [2.45, 2.75) is 25.2 Å². The number of carbonyl (C=O) groups is 2. The fourth-order valence-electron chi connectivity index (χ4n) is 4.26. The topological polar surface area (TPSA) is 113 Å². The molecule has 3 aromatic heterocycles. The summed E-state index contributed by atoms with van der Waals surface area (Å²) in [6, 6.07) is 11.2. The van der Waals surface area contributed by atoms with Gasteiger partial charge in [0.15, 0.2) is 5.43 Å². The van der Waals surface area contributed by atoms with E-state index in [-0.39, 0.29) is 36.7 Å². The van der Waals surface area contributed by atoms with Crippen LogP contribution in [0.5, 0.6) is 0 Å². The molecule has 0 aliphatic carbocycles. The minimum Gasteiger partial charge on any atom is -0.348 e. The van der Waals surface area contributed by atoms with Gasteiger partial charge in [-0.05, 0) is 29.8 Å². The SMILES string of the molecule is O=C(Nc1cc(=O)cc[nH]1)C1CC(F)CN1C(=O)Cn1ccc2cc(-c3ccnnc3)ccc21. The molecule has 1 aliphatic rings. The third kappa shape index (κ3) is 4.29. The second-order valence-corrected chi connectivity index (χ2v) is 8.17. The van der Waals surface area contributed by atoms with Gasteiger partial charge in [0.2, 0.25) is 11.8 Å². The number of anilines is 1. The van der Waals surface area contributed by atoms with Crippen molar-refractivity contribution in [1.82, 2.24) is 24.6 Å². The number of benzene rings is 1. The van der Waals surface area contributed by atoms with Crippen LogP contribution in [0.2, 0.25) is 0 Å². The lowest BCUT2D eigenvalue weighted by atomic mass is 10.1. The molecular formula is C24H21FN6O3. The van der Waals surface area contributed by atoms with Crippen molar-refractivity contribution in [2.75, 3.05) is 11.9 Å². The molecular weight excluding hydrogens is 439 g/mol. The van der Waals surface area contributed by atoms with E-state index >= 15 is 0 Å². The first-order valence-corrected chi connectivity index (χ1v) is 10.8. The second-order valence-electron chi connectivity index (χ2n) is 8.17. The number of nitrogens with zero attached hydrogens (tertiary/aromatic N) is 4. The molecule has 1 saturated heterocycles. The van der Waals surface area contributed by atoms with Gasteiger partial charge >= 0.3 is 0 Å². The number of halogens is 1. The van der Waals surface area contributed by atoms with E-state index in [1.54, 1.807) is 23.2 Å². The number of aromatic nitrogens is 4. The van der Waals surface area contributed by atoms with Crippen LogP contribution in [0.1, 0.15) is 6.42 Å². The summed E-state index contributed by atoms with van der Waals surface area (Å²) < 4.78 is 16.0. The molecule has 2 amide bonds. The molecule has 1 fully saturated rings. The Bertz CT molecular complexity index is 1420. The Morgan fingerprint density at radius 1 is 1.12 bits per heavy atom. The van der Waals surface area contributed by atoms with E-state index in [4.69, 9.17) is 0 Å². The summed E-state index contributed by atoms with van der Waals surface area (Å²) in [5.74, 6) is -0.700. The molecule has 2 atom stereocenters. The lowest BCUT2D eigenvalue weighted by Gasteiger charge is -2.24. The Morgan fingerprint density at radius 2 is 2.00 bits per heavy atom. The number of rotatable bonds is 5. The van der Waals surface area contributed by atoms with Crippen molar-refractivity contribution in [3.05, 3.63) is 77.5 Å². The summed E-state index contributed by atoms with van der Waals surface area (Å²) >= 11 is 0. The number of pyridine rings is 1. The lowest BCUT2D eigenvalue weighted by Crippen LogP contribution is -2.44. The van der Waals surface area contributed by atoms with Gasteiger partial charge in [0.25, 0.3) is 0 Å². The largest absolute Gasteiger partial charge is 0.348 e. The zero-order chi connectivity index (χ0) is 23.7. The Kier molecular flexibility index (Phi) is 5.62. The van der Waals surface area contributed by atoms with Gasteiger partial charge in [-0.2, -0.15) is 10.2 Å². The van der Waals surface area contributed by atoms with Crippen molar-refractivity contribution in [3.8, 4) is 11.1 Å². The highest BCUT2D eigenvalue weighted by Crippen LogP contribution is 2.26.